The number of pyridine rings is 1. The van der Waals surface area contributed by atoms with E-state index in [4.69, 9.17) is 5.73 Å². The summed E-state index contributed by atoms with van der Waals surface area (Å²) in [6, 6.07) is 3.82. The Morgan fingerprint density at radius 1 is 1.44 bits per heavy atom. The number of hydrogen-bond donors (Lipinski definition) is 1. The first-order valence-corrected chi connectivity index (χ1v) is 7.28. The van der Waals surface area contributed by atoms with Gasteiger partial charge in [0.05, 0.1) is 11.5 Å². The van der Waals surface area contributed by atoms with Gasteiger partial charge in [0.25, 0.3) is 0 Å². The number of sulfone groups is 1. The molecule has 88 valence electrons. The third kappa shape index (κ3) is 2.59. The Kier molecular flexibility index (Phi) is 3.25. The number of rotatable bonds is 2. The molecular weight excluding hydrogens is 224 g/mol. The molecule has 0 radical (unpaired) electrons. The molecule has 4 nitrogen and oxygen atoms in total. The fourth-order valence-corrected chi connectivity index (χ4v) is 3.78. The summed E-state index contributed by atoms with van der Waals surface area (Å²) in [4.78, 5) is 4.29. The zero-order valence-electron chi connectivity index (χ0n) is 9.09. The zero-order chi connectivity index (χ0) is 11.6. The Hall–Kier alpha value is -0.940. The summed E-state index contributed by atoms with van der Waals surface area (Å²) < 4.78 is 23.0. The lowest BCUT2D eigenvalue weighted by Gasteiger charge is -2.21. The van der Waals surface area contributed by atoms with Gasteiger partial charge in [0, 0.05) is 24.4 Å². The summed E-state index contributed by atoms with van der Waals surface area (Å²) in [5.74, 6) is 0.623. The number of nitrogens with zero attached hydrogens (tertiary/aromatic N) is 1. The van der Waals surface area contributed by atoms with Crippen molar-refractivity contribution in [2.75, 3.05) is 11.5 Å². The van der Waals surface area contributed by atoms with Crippen LogP contribution in [0.1, 0.15) is 30.0 Å². The molecule has 16 heavy (non-hydrogen) atoms. The van der Waals surface area contributed by atoms with Crippen molar-refractivity contribution < 1.29 is 8.42 Å². The van der Waals surface area contributed by atoms with E-state index in [1.807, 2.05) is 12.1 Å². The number of hydrogen-bond acceptors (Lipinski definition) is 4. The maximum Gasteiger partial charge on any atom is 0.150 e. The van der Waals surface area contributed by atoms with Crippen LogP contribution >= 0.6 is 0 Å². The first kappa shape index (κ1) is 11.5. The van der Waals surface area contributed by atoms with E-state index < -0.39 is 9.84 Å². The fraction of sp³-hybridized carbons (Fsp3) is 0.545. The number of aromatic nitrogens is 1. The lowest BCUT2D eigenvalue weighted by atomic mass is 10.0. The molecule has 2 rings (SSSR count). The van der Waals surface area contributed by atoms with Crippen LogP contribution in [-0.4, -0.2) is 24.9 Å². The Morgan fingerprint density at radius 2 is 2.25 bits per heavy atom. The maximum absolute atomic E-state index is 11.5. The molecule has 5 heteroatoms. The van der Waals surface area contributed by atoms with Crippen molar-refractivity contribution in [3.8, 4) is 0 Å². The van der Waals surface area contributed by atoms with E-state index in [0.29, 0.717) is 12.3 Å². The normalized spacial score (nSPS) is 24.2. The van der Waals surface area contributed by atoms with E-state index in [2.05, 4.69) is 4.98 Å². The van der Waals surface area contributed by atoms with E-state index in [0.717, 1.165) is 24.1 Å². The lowest BCUT2D eigenvalue weighted by Crippen LogP contribution is -2.24. The van der Waals surface area contributed by atoms with Gasteiger partial charge in [-0.15, -0.1) is 0 Å². The third-order valence-electron chi connectivity index (χ3n) is 2.96. The molecule has 1 aliphatic rings. The molecule has 1 aliphatic heterocycles. The first-order valence-electron chi connectivity index (χ1n) is 5.46. The zero-order valence-corrected chi connectivity index (χ0v) is 9.91. The fourth-order valence-electron chi connectivity index (χ4n) is 2.05. The van der Waals surface area contributed by atoms with Crippen molar-refractivity contribution >= 4 is 9.84 Å². The number of nitrogens with two attached hydrogens (primary N) is 1. The van der Waals surface area contributed by atoms with E-state index in [1.165, 1.54) is 0 Å². The van der Waals surface area contributed by atoms with Crippen LogP contribution in [0.25, 0.3) is 0 Å². The minimum Gasteiger partial charge on any atom is -0.326 e. The van der Waals surface area contributed by atoms with Gasteiger partial charge >= 0.3 is 0 Å². The second kappa shape index (κ2) is 4.51. The van der Waals surface area contributed by atoms with E-state index in [9.17, 15) is 8.42 Å². The standard InChI is InChI=1S/C11H16N2O2S/c12-6-9-3-4-11(13-7-9)10-2-1-5-16(14,15)8-10/h3-4,7,10H,1-2,5-6,8,12H2. The van der Waals surface area contributed by atoms with Gasteiger partial charge in [0.15, 0.2) is 9.84 Å². The van der Waals surface area contributed by atoms with Crippen LogP contribution < -0.4 is 5.73 Å². The van der Waals surface area contributed by atoms with Crippen LogP contribution in [0, 0.1) is 0 Å². The Labute approximate surface area is 95.8 Å². The molecule has 1 atom stereocenters. The van der Waals surface area contributed by atoms with Gasteiger partial charge in [0.1, 0.15) is 0 Å². The molecular formula is C11H16N2O2S. The molecule has 1 aromatic rings. The van der Waals surface area contributed by atoms with Crippen LogP contribution in [0.4, 0.5) is 0 Å². The van der Waals surface area contributed by atoms with Crippen LogP contribution in [-0.2, 0) is 16.4 Å². The molecule has 2 N–H and O–H groups in total. The second-order valence-corrected chi connectivity index (χ2v) is 6.48. The summed E-state index contributed by atoms with van der Waals surface area (Å²) in [6.45, 7) is 0.468. The van der Waals surface area contributed by atoms with Gasteiger partial charge in [0.2, 0.25) is 0 Å². The van der Waals surface area contributed by atoms with Crippen LogP contribution in [0.3, 0.4) is 0 Å². The quantitative estimate of drug-likeness (QED) is 0.831. The summed E-state index contributed by atoms with van der Waals surface area (Å²) in [5.41, 5.74) is 7.34. The van der Waals surface area contributed by atoms with Crippen molar-refractivity contribution in [3.05, 3.63) is 29.6 Å². The molecule has 0 aliphatic carbocycles. The average molecular weight is 240 g/mol. The Morgan fingerprint density at radius 3 is 2.81 bits per heavy atom. The molecule has 1 fully saturated rings. The minimum absolute atomic E-state index is 0.0607. The Balaban J connectivity index is 2.17. The first-order chi connectivity index (χ1) is 7.61. The second-order valence-electron chi connectivity index (χ2n) is 4.25. The van der Waals surface area contributed by atoms with Gasteiger partial charge in [-0.05, 0) is 24.5 Å². The molecule has 0 amide bonds. The highest BCUT2D eigenvalue weighted by Crippen LogP contribution is 2.26. The summed E-state index contributed by atoms with van der Waals surface area (Å²) >= 11 is 0. The molecule has 0 spiro atoms. The van der Waals surface area contributed by atoms with E-state index >= 15 is 0 Å². The predicted molar refractivity (Wildman–Crippen MR) is 62.8 cm³/mol. The monoisotopic (exact) mass is 240 g/mol. The van der Waals surface area contributed by atoms with Gasteiger partial charge in [-0.1, -0.05) is 6.07 Å². The summed E-state index contributed by atoms with van der Waals surface area (Å²) in [5, 5.41) is 0. The highest BCUT2D eigenvalue weighted by molar-refractivity contribution is 7.91. The molecule has 1 saturated heterocycles. The lowest BCUT2D eigenvalue weighted by molar-refractivity contribution is 0.549. The predicted octanol–water partition coefficient (Wildman–Crippen LogP) is 0.833. The minimum atomic E-state index is -2.86. The van der Waals surface area contributed by atoms with Crippen LogP contribution in [0.2, 0.25) is 0 Å². The Bertz CT molecular complexity index is 453. The topological polar surface area (TPSA) is 73.1 Å². The van der Waals surface area contributed by atoms with Crippen molar-refractivity contribution in [2.24, 2.45) is 5.73 Å². The van der Waals surface area contributed by atoms with E-state index in [1.54, 1.807) is 6.20 Å². The highest BCUT2D eigenvalue weighted by atomic mass is 32.2. The molecule has 1 aromatic heterocycles. The molecule has 0 saturated carbocycles. The van der Waals surface area contributed by atoms with Gasteiger partial charge < -0.3 is 5.73 Å². The summed E-state index contributed by atoms with van der Waals surface area (Å²) in [6.07, 6.45) is 3.39. The van der Waals surface area contributed by atoms with Gasteiger partial charge in [-0.3, -0.25) is 4.98 Å². The van der Waals surface area contributed by atoms with Gasteiger partial charge in [-0.2, -0.15) is 0 Å². The molecule has 2 heterocycles. The highest BCUT2D eigenvalue weighted by Gasteiger charge is 2.26. The van der Waals surface area contributed by atoms with Crippen molar-refractivity contribution in [2.45, 2.75) is 25.3 Å². The molecule has 1 unspecified atom stereocenters. The third-order valence-corrected chi connectivity index (χ3v) is 4.79. The SMILES string of the molecule is NCc1ccc(C2CCCS(=O)(=O)C2)nc1. The average Bonchev–Trinajstić information content (AvgIpc) is 2.28. The van der Waals surface area contributed by atoms with Gasteiger partial charge in [-0.25, -0.2) is 8.42 Å². The smallest absolute Gasteiger partial charge is 0.150 e. The van der Waals surface area contributed by atoms with Crippen LogP contribution in [0.5, 0.6) is 0 Å². The maximum atomic E-state index is 11.5. The van der Waals surface area contributed by atoms with Crippen molar-refractivity contribution in [1.29, 1.82) is 0 Å². The molecule has 0 bridgehead atoms. The van der Waals surface area contributed by atoms with Crippen LogP contribution in [0.15, 0.2) is 18.3 Å². The van der Waals surface area contributed by atoms with E-state index in [-0.39, 0.29) is 11.7 Å². The largest absolute Gasteiger partial charge is 0.326 e. The van der Waals surface area contributed by atoms with Crippen molar-refractivity contribution in [3.63, 3.8) is 0 Å². The summed E-state index contributed by atoms with van der Waals surface area (Å²) in [7, 11) is -2.86. The molecule has 0 aromatic carbocycles. The van der Waals surface area contributed by atoms with Crippen molar-refractivity contribution in [1.82, 2.24) is 4.98 Å².